The second kappa shape index (κ2) is 8.10. The normalized spacial score (nSPS) is 18.1. The van der Waals surface area contributed by atoms with Crippen LogP contribution in [0.2, 0.25) is 0 Å². The Balaban J connectivity index is 1.70. The average molecular weight is 293 g/mol. The monoisotopic (exact) mass is 293 g/mol. The number of halogens is 1. The van der Waals surface area contributed by atoms with Crippen molar-refractivity contribution in [1.82, 2.24) is 15.5 Å². The molecule has 1 saturated heterocycles. The topological polar surface area (TPSA) is 44.4 Å². The maximum Gasteiger partial charge on any atom is 0.234 e. The van der Waals surface area contributed by atoms with Gasteiger partial charge in [0.2, 0.25) is 5.91 Å². The molecular weight excluding hydrogens is 269 g/mol. The van der Waals surface area contributed by atoms with Gasteiger partial charge < -0.3 is 10.6 Å². The molecule has 0 bridgehead atoms. The van der Waals surface area contributed by atoms with Crippen LogP contribution in [0.5, 0.6) is 0 Å². The molecule has 1 aliphatic heterocycles. The van der Waals surface area contributed by atoms with E-state index in [2.05, 4.69) is 22.5 Å². The number of nitrogens with zero attached hydrogens (tertiary/aromatic N) is 1. The number of rotatable bonds is 7. The second-order valence-electron chi connectivity index (χ2n) is 5.44. The Morgan fingerprint density at radius 2 is 2.19 bits per heavy atom. The lowest BCUT2D eigenvalue weighted by molar-refractivity contribution is -0.122. The molecule has 1 aromatic carbocycles. The van der Waals surface area contributed by atoms with Gasteiger partial charge in [-0.2, -0.15) is 0 Å². The molecule has 1 atom stereocenters. The molecule has 1 aromatic rings. The minimum atomic E-state index is -0.230. The van der Waals surface area contributed by atoms with E-state index in [1.165, 1.54) is 12.1 Å². The van der Waals surface area contributed by atoms with E-state index in [-0.39, 0.29) is 11.7 Å². The number of carbonyl (C=O) groups excluding carboxylic acids is 1. The number of benzene rings is 1. The van der Waals surface area contributed by atoms with Gasteiger partial charge in [0, 0.05) is 19.1 Å². The maximum atomic E-state index is 12.8. The largest absolute Gasteiger partial charge is 0.355 e. The van der Waals surface area contributed by atoms with Crippen molar-refractivity contribution >= 4 is 5.91 Å². The number of carbonyl (C=O) groups is 1. The van der Waals surface area contributed by atoms with Gasteiger partial charge in [0.15, 0.2) is 0 Å². The molecule has 1 heterocycles. The van der Waals surface area contributed by atoms with Crippen LogP contribution >= 0.6 is 0 Å². The quantitative estimate of drug-likeness (QED) is 0.793. The third-order valence-electron chi connectivity index (χ3n) is 3.95. The molecule has 1 aliphatic rings. The van der Waals surface area contributed by atoms with Gasteiger partial charge in [-0.05, 0) is 43.6 Å². The molecule has 0 radical (unpaired) electrons. The van der Waals surface area contributed by atoms with E-state index in [1.54, 1.807) is 12.1 Å². The molecule has 2 rings (SSSR count). The van der Waals surface area contributed by atoms with Gasteiger partial charge in [-0.15, -0.1) is 0 Å². The third kappa shape index (κ3) is 5.10. The number of likely N-dealkylation sites (N-methyl/N-ethyl adjacent to an activating group) is 1. The number of hydrogen-bond donors (Lipinski definition) is 2. The lowest BCUT2D eigenvalue weighted by atomic mass is 10.1. The lowest BCUT2D eigenvalue weighted by Gasteiger charge is -2.26. The van der Waals surface area contributed by atoms with Gasteiger partial charge in [0.25, 0.3) is 0 Å². The highest BCUT2D eigenvalue weighted by molar-refractivity contribution is 5.78. The van der Waals surface area contributed by atoms with Crippen molar-refractivity contribution in [2.24, 2.45) is 0 Å². The van der Waals surface area contributed by atoms with Gasteiger partial charge in [-0.3, -0.25) is 9.69 Å². The van der Waals surface area contributed by atoms with Crippen molar-refractivity contribution in [1.29, 1.82) is 0 Å². The number of nitrogens with one attached hydrogen (secondary N) is 2. The first-order chi connectivity index (χ1) is 10.2. The fraction of sp³-hybridized carbons (Fsp3) is 0.562. The molecule has 116 valence electrons. The zero-order valence-electron chi connectivity index (χ0n) is 12.6. The van der Waals surface area contributed by atoms with Crippen molar-refractivity contribution < 1.29 is 9.18 Å². The Kier molecular flexibility index (Phi) is 6.14. The summed E-state index contributed by atoms with van der Waals surface area (Å²) in [4.78, 5) is 14.2. The summed E-state index contributed by atoms with van der Waals surface area (Å²) in [5.41, 5.74) is 1.03. The molecule has 0 aliphatic carbocycles. The molecular formula is C16H24FN3O. The average Bonchev–Trinajstić information content (AvgIpc) is 3.01. The van der Waals surface area contributed by atoms with Crippen LogP contribution < -0.4 is 10.6 Å². The molecule has 21 heavy (non-hydrogen) atoms. The van der Waals surface area contributed by atoms with Gasteiger partial charge >= 0.3 is 0 Å². The van der Waals surface area contributed by atoms with Crippen LogP contribution in [0.25, 0.3) is 0 Å². The number of amides is 1. The van der Waals surface area contributed by atoms with Crippen molar-refractivity contribution in [2.45, 2.75) is 25.8 Å². The van der Waals surface area contributed by atoms with Crippen LogP contribution in [0.1, 0.15) is 18.9 Å². The second-order valence-corrected chi connectivity index (χ2v) is 5.44. The molecule has 0 spiro atoms. The summed E-state index contributed by atoms with van der Waals surface area (Å²) in [6.07, 6.45) is 1.83. The Morgan fingerprint density at radius 1 is 1.43 bits per heavy atom. The van der Waals surface area contributed by atoms with Crippen molar-refractivity contribution in [2.75, 3.05) is 32.7 Å². The molecule has 4 nitrogen and oxygen atoms in total. The Hall–Kier alpha value is -1.46. The van der Waals surface area contributed by atoms with Gasteiger partial charge in [0.1, 0.15) is 5.82 Å². The van der Waals surface area contributed by atoms with E-state index in [0.29, 0.717) is 19.1 Å². The molecule has 5 heteroatoms. The highest BCUT2D eigenvalue weighted by atomic mass is 19.1. The summed E-state index contributed by atoms with van der Waals surface area (Å²) in [6.45, 7) is 6.02. The van der Waals surface area contributed by atoms with Crippen molar-refractivity contribution in [3.05, 3.63) is 35.6 Å². The Labute approximate surface area is 125 Å². The van der Waals surface area contributed by atoms with E-state index in [0.717, 1.165) is 38.0 Å². The van der Waals surface area contributed by atoms with Gasteiger partial charge in [0.05, 0.1) is 6.54 Å². The smallest absolute Gasteiger partial charge is 0.234 e. The van der Waals surface area contributed by atoms with E-state index in [9.17, 15) is 9.18 Å². The Bertz CT molecular complexity index is 443. The van der Waals surface area contributed by atoms with Crippen molar-refractivity contribution in [3.63, 3.8) is 0 Å². The molecule has 2 N–H and O–H groups in total. The van der Waals surface area contributed by atoms with Crippen LogP contribution in [0, 0.1) is 5.82 Å². The SMILES string of the molecule is CCN(CC(=O)NCCc1ccc(F)cc1)C1CCNC1. The maximum absolute atomic E-state index is 12.8. The van der Waals surface area contributed by atoms with Gasteiger partial charge in [-0.1, -0.05) is 19.1 Å². The van der Waals surface area contributed by atoms with Crippen LogP contribution in [0.4, 0.5) is 4.39 Å². The van der Waals surface area contributed by atoms with E-state index in [4.69, 9.17) is 0 Å². The predicted molar refractivity (Wildman–Crippen MR) is 81.6 cm³/mol. The van der Waals surface area contributed by atoms with Crippen LogP contribution in [-0.4, -0.2) is 49.6 Å². The summed E-state index contributed by atoms with van der Waals surface area (Å²) >= 11 is 0. The minimum absolute atomic E-state index is 0.0610. The molecule has 0 aromatic heterocycles. The summed E-state index contributed by atoms with van der Waals surface area (Å²) in [5.74, 6) is -0.169. The van der Waals surface area contributed by atoms with E-state index >= 15 is 0 Å². The summed E-state index contributed by atoms with van der Waals surface area (Å²) in [6, 6.07) is 6.87. The summed E-state index contributed by atoms with van der Waals surface area (Å²) < 4.78 is 12.8. The lowest BCUT2D eigenvalue weighted by Crippen LogP contribution is -2.44. The molecule has 1 amide bonds. The van der Waals surface area contributed by atoms with Crippen molar-refractivity contribution in [3.8, 4) is 0 Å². The summed E-state index contributed by atoms with van der Waals surface area (Å²) in [7, 11) is 0. The van der Waals surface area contributed by atoms with E-state index in [1.807, 2.05) is 0 Å². The first-order valence-corrected chi connectivity index (χ1v) is 7.65. The van der Waals surface area contributed by atoms with Crippen LogP contribution in [0.3, 0.4) is 0 Å². The zero-order valence-corrected chi connectivity index (χ0v) is 12.6. The fourth-order valence-corrected chi connectivity index (χ4v) is 2.69. The highest BCUT2D eigenvalue weighted by Crippen LogP contribution is 2.07. The van der Waals surface area contributed by atoms with Crippen LogP contribution in [-0.2, 0) is 11.2 Å². The Morgan fingerprint density at radius 3 is 2.81 bits per heavy atom. The van der Waals surface area contributed by atoms with Gasteiger partial charge in [-0.25, -0.2) is 4.39 Å². The van der Waals surface area contributed by atoms with E-state index < -0.39 is 0 Å². The first kappa shape index (κ1) is 15.9. The highest BCUT2D eigenvalue weighted by Gasteiger charge is 2.22. The zero-order chi connectivity index (χ0) is 15.1. The first-order valence-electron chi connectivity index (χ1n) is 7.65. The summed E-state index contributed by atoms with van der Waals surface area (Å²) in [5, 5.41) is 6.26. The molecule has 1 unspecified atom stereocenters. The molecule has 0 saturated carbocycles. The fourth-order valence-electron chi connectivity index (χ4n) is 2.69. The van der Waals surface area contributed by atoms with Crippen LogP contribution in [0.15, 0.2) is 24.3 Å². The minimum Gasteiger partial charge on any atom is -0.355 e. The number of hydrogen-bond acceptors (Lipinski definition) is 3. The standard InChI is InChI=1S/C16H24FN3O/c1-2-20(15-8-9-18-11-15)12-16(21)19-10-7-13-3-5-14(17)6-4-13/h3-6,15,18H,2,7-12H2,1H3,(H,19,21). The molecule has 1 fully saturated rings. The predicted octanol–water partition coefficient (Wildman–Crippen LogP) is 1.17. The third-order valence-corrected chi connectivity index (χ3v) is 3.95.